The van der Waals surface area contributed by atoms with Crippen molar-refractivity contribution in [2.75, 3.05) is 20.8 Å². The van der Waals surface area contributed by atoms with E-state index in [0.29, 0.717) is 35.7 Å². The van der Waals surface area contributed by atoms with Gasteiger partial charge >= 0.3 is 0 Å². The zero-order valence-electron chi connectivity index (χ0n) is 11.4. The fourth-order valence-corrected chi connectivity index (χ4v) is 2.57. The number of hydrogen-bond donors (Lipinski definition) is 1. The van der Waals surface area contributed by atoms with E-state index in [9.17, 15) is 4.79 Å². The van der Waals surface area contributed by atoms with E-state index >= 15 is 0 Å². The van der Waals surface area contributed by atoms with Crippen molar-refractivity contribution < 1.29 is 14.3 Å². The molecular formula is C14H16N2O3S. The van der Waals surface area contributed by atoms with E-state index < -0.39 is 0 Å². The normalized spacial score (nSPS) is 10.3. The lowest BCUT2D eigenvalue weighted by Crippen LogP contribution is -2.06. The fourth-order valence-electron chi connectivity index (χ4n) is 1.78. The van der Waals surface area contributed by atoms with Crippen LogP contribution in [0.25, 0.3) is 0 Å². The maximum absolute atomic E-state index is 12.4. The van der Waals surface area contributed by atoms with Crippen LogP contribution in [0.3, 0.4) is 0 Å². The van der Waals surface area contributed by atoms with E-state index in [4.69, 9.17) is 15.2 Å². The summed E-state index contributed by atoms with van der Waals surface area (Å²) >= 11 is 1.44. The third-order valence-corrected chi connectivity index (χ3v) is 3.70. The molecule has 0 amide bonds. The summed E-state index contributed by atoms with van der Waals surface area (Å²) in [4.78, 5) is 16.7. The van der Waals surface area contributed by atoms with Crippen molar-refractivity contribution in [3.63, 3.8) is 0 Å². The first kappa shape index (κ1) is 14.5. The lowest BCUT2D eigenvalue weighted by molar-refractivity contribution is 0.103. The minimum absolute atomic E-state index is 0.163. The average molecular weight is 292 g/mol. The Morgan fingerprint density at radius 3 is 2.80 bits per heavy atom. The molecule has 1 aromatic heterocycles. The molecule has 0 aliphatic rings. The van der Waals surface area contributed by atoms with Gasteiger partial charge in [-0.1, -0.05) is 0 Å². The summed E-state index contributed by atoms with van der Waals surface area (Å²) in [7, 11) is 3.09. The second-order valence-corrected chi connectivity index (χ2v) is 5.00. The van der Waals surface area contributed by atoms with Gasteiger partial charge in [-0.2, -0.15) is 0 Å². The van der Waals surface area contributed by atoms with Gasteiger partial charge in [-0.25, -0.2) is 4.98 Å². The molecule has 5 nitrogen and oxygen atoms in total. The van der Waals surface area contributed by atoms with Crippen molar-refractivity contribution in [1.82, 2.24) is 4.98 Å². The number of carbonyl (C=O) groups excluding carboxylic acids is 1. The van der Waals surface area contributed by atoms with Gasteiger partial charge in [0.05, 0.1) is 24.8 Å². The second-order valence-electron chi connectivity index (χ2n) is 4.06. The van der Waals surface area contributed by atoms with Crippen LogP contribution < -0.4 is 15.2 Å². The highest BCUT2D eigenvalue weighted by Gasteiger charge is 2.18. The molecule has 0 saturated carbocycles. The Morgan fingerprint density at radius 2 is 2.15 bits per heavy atom. The van der Waals surface area contributed by atoms with Crippen LogP contribution in [-0.2, 0) is 6.42 Å². The van der Waals surface area contributed by atoms with Crippen LogP contribution in [0.1, 0.15) is 21.1 Å². The highest BCUT2D eigenvalue weighted by atomic mass is 32.1. The molecule has 0 spiro atoms. The maximum Gasteiger partial charge on any atom is 0.215 e. The number of rotatable bonds is 6. The Bertz CT molecular complexity index is 610. The Hall–Kier alpha value is -1.92. The molecule has 1 aromatic carbocycles. The van der Waals surface area contributed by atoms with Crippen LogP contribution in [0.2, 0.25) is 0 Å². The first-order valence-corrected chi connectivity index (χ1v) is 6.98. The molecule has 0 unspecified atom stereocenters. The highest BCUT2D eigenvalue weighted by Crippen LogP contribution is 2.27. The largest absolute Gasteiger partial charge is 0.497 e. The summed E-state index contributed by atoms with van der Waals surface area (Å²) in [6, 6.07) is 5.09. The van der Waals surface area contributed by atoms with Gasteiger partial charge < -0.3 is 15.2 Å². The molecule has 2 aromatic rings. The molecule has 1 heterocycles. The lowest BCUT2D eigenvalue weighted by Gasteiger charge is -2.08. The summed E-state index contributed by atoms with van der Waals surface area (Å²) in [5.41, 5.74) is 6.37. The van der Waals surface area contributed by atoms with Crippen LogP contribution in [0, 0.1) is 0 Å². The maximum atomic E-state index is 12.4. The molecule has 2 rings (SSSR count). The highest BCUT2D eigenvalue weighted by molar-refractivity contribution is 7.09. The Balaban J connectivity index is 2.32. The smallest absolute Gasteiger partial charge is 0.215 e. The van der Waals surface area contributed by atoms with Crippen molar-refractivity contribution in [2.24, 2.45) is 5.73 Å². The van der Waals surface area contributed by atoms with Gasteiger partial charge in [0, 0.05) is 17.9 Å². The Kier molecular flexibility index (Phi) is 4.70. The molecule has 0 bridgehead atoms. The van der Waals surface area contributed by atoms with Gasteiger partial charge in [0.2, 0.25) is 5.78 Å². The quantitative estimate of drug-likeness (QED) is 0.823. The first-order valence-electron chi connectivity index (χ1n) is 6.10. The van der Waals surface area contributed by atoms with Crippen LogP contribution in [0.5, 0.6) is 11.5 Å². The predicted octanol–water partition coefficient (Wildman–Crippen LogP) is 1.89. The topological polar surface area (TPSA) is 74.4 Å². The molecule has 0 aliphatic carbocycles. The van der Waals surface area contributed by atoms with Crippen molar-refractivity contribution in [3.8, 4) is 11.5 Å². The van der Waals surface area contributed by atoms with Crippen LogP contribution in [-0.4, -0.2) is 31.5 Å². The Labute approximate surface area is 121 Å². The third-order valence-electron chi connectivity index (χ3n) is 2.80. The summed E-state index contributed by atoms with van der Waals surface area (Å²) in [5, 5.41) is 2.61. The minimum atomic E-state index is -0.163. The number of aromatic nitrogens is 1. The zero-order valence-corrected chi connectivity index (χ0v) is 12.2. The van der Waals surface area contributed by atoms with Gasteiger partial charge in [-0.3, -0.25) is 4.79 Å². The molecule has 0 aliphatic heterocycles. The molecule has 6 heteroatoms. The van der Waals surface area contributed by atoms with Gasteiger partial charge in [0.25, 0.3) is 0 Å². The summed E-state index contributed by atoms with van der Waals surface area (Å²) < 4.78 is 10.4. The summed E-state index contributed by atoms with van der Waals surface area (Å²) in [6.45, 7) is 0.521. The number of nitrogens with two attached hydrogens (primary N) is 1. The number of hydrogen-bond acceptors (Lipinski definition) is 6. The number of thiazole rings is 1. The fraction of sp³-hybridized carbons (Fsp3) is 0.286. The average Bonchev–Trinajstić information content (AvgIpc) is 2.94. The van der Waals surface area contributed by atoms with Crippen molar-refractivity contribution in [3.05, 3.63) is 39.8 Å². The molecule has 0 fully saturated rings. The van der Waals surface area contributed by atoms with Crippen molar-refractivity contribution in [1.29, 1.82) is 0 Å². The zero-order chi connectivity index (χ0) is 14.5. The SMILES string of the molecule is COc1ccc(C(=O)c2csc(CCN)n2)c(OC)c1. The number of ether oxygens (including phenoxy) is 2. The number of methoxy groups -OCH3 is 2. The first-order chi connectivity index (χ1) is 9.69. The van der Waals surface area contributed by atoms with E-state index in [1.165, 1.54) is 18.4 Å². The van der Waals surface area contributed by atoms with Crippen molar-refractivity contribution >= 4 is 17.1 Å². The number of carbonyl (C=O) groups is 1. The molecule has 0 saturated heterocycles. The van der Waals surface area contributed by atoms with Gasteiger partial charge in [0.1, 0.15) is 17.2 Å². The monoisotopic (exact) mass is 292 g/mol. The Morgan fingerprint density at radius 1 is 1.35 bits per heavy atom. The number of nitrogens with zero attached hydrogens (tertiary/aromatic N) is 1. The summed E-state index contributed by atoms with van der Waals surface area (Å²) in [6.07, 6.45) is 0.678. The van der Waals surface area contributed by atoms with Crippen LogP contribution >= 0.6 is 11.3 Å². The number of benzene rings is 1. The van der Waals surface area contributed by atoms with Crippen molar-refractivity contribution in [2.45, 2.75) is 6.42 Å². The van der Waals surface area contributed by atoms with E-state index in [2.05, 4.69) is 4.98 Å². The van der Waals surface area contributed by atoms with E-state index in [1.807, 2.05) is 0 Å². The van der Waals surface area contributed by atoms with E-state index in [1.54, 1.807) is 30.7 Å². The van der Waals surface area contributed by atoms with E-state index in [0.717, 1.165) is 5.01 Å². The van der Waals surface area contributed by atoms with Crippen LogP contribution in [0.4, 0.5) is 0 Å². The molecule has 0 radical (unpaired) electrons. The number of ketones is 1. The van der Waals surface area contributed by atoms with Gasteiger partial charge in [0.15, 0.2) is 0 Å². The summed E-state index contributed by atoms with van der Waals surface area (Å²) in [5.74, 6) is 0.951. The molecule has 2 N–H and O–H groups in total. The predicted molar refractivity (Wildman–Crippen MR) is 77.9 cm³/mol. The van der Waals surface area contributed by atoms with E-state index in [-0.39, 0.29) is 5.78 Å². The molecule has 0 atom stereocenters. The molecule has 20 heavy (non-hydrogen) atoms. The lowest BCUT2D eigenvalue weighted by atomic mass is 10.1. The third kappa shape index (κ3) is 2.97. The molecular weight excluding hydrogens is 276 g/mol. The van der Waals surface area contributed by atoms with Gasteiger partial charge in [-0.05, 0) is 18.7 Å². The van der Waals surface area contributed by atoms with Gasteiger partial charge in [-0.15, -0.1) is 11.3 Å². The molecule has 106 valence electrons. The van der Waals surface area contributed by atoms with Crippen LogP contribution in [0.15, 0.2) is 23.6 Å². The second kappa shape index (κ2) is 6.49. The minimum Gasteiger partial charge on any atom is -0.497 e. The standard InChI is InChI=1S/C14H16N2O3S/c1-18-9-3-4-10(12(7-9)19-2)14(17)11-8-20-13(16-11)5-6-15/h3-4,7-8H,5-6,15H2,1-2H3.